The molecule has 3 aliphatic rings. The van der Waals surface area contributed by atoms with Crippen molar-refractivity contribution in [3.05, 3.63) is 52.4 Å². The number of carbonyl (C=O) groups excluding carboxylic acids is 3. The first kappa shape index (κ1) is 37.2. The molecule has 2 unspecified atom stereocenters. The molecule has 0 aromatic heterocycles. The number of ketones is 2. The van der Waals surface area contributed by atoms with E-state index in [1.807, 2.05) is 0 Å². The molecule has 11 nitrogen and oxygen atoms in total. The van der Waals surface area contributed by atoms with Gasteiger partial charge in [-0.1, -0.05) is 90.7 Å². The fourth-order valence-corrected chi connectivity index (χ4v) is 7.95. The molecule has 0 aliphatic heterocycles. The third kappa shape index (κ3) is 6.64. The van der Waals surface area contributed by atoms with Gasteiger partial charge in [-0.05, 0) is 38.1 Å². The van der Waals surface area contributed by atoms with Gasteiger partial charge in [-0.15, -0.1) is 0 Å². The molecule has 3 aliphatic carbocycles. The zero-order valence-electron chi connectivity index (χ0n) is 28.7. The number of anilines is 1. The number of aromatic hydroxyl groups is 1. The second kappa shape index (κ2) is 15.3. The molecule has 6 atom stereocenters. The average Bonchev–Trinajstić information content (AvgIpc) is 3.02. The topological polar surface area (TPSA) is 194 Å². The number of benzene rings is 1. The van der Waals surface area contributed by atoms with Crippen molar-refractivity contribution < 1.29 is 39.9 Å². The summed E-state index contributed by atoms with van der Waals surface area (Å²) in [5.41, 5.74) is 2.01. The third-order valence-electron chi connectivity index (χ3n) is 10.5. The fourth-order valence-electron chi connectivity index (χ4n) is 7.95. The monoisotopic (exact) mass is 667 g/mol. The van der Waals surface area contributed by atoms with E-state index in [1.54, 1.807) is 13.0 Å². The Bertz CT molecular complexity index is 1500. The molecule has 0 bridgehead atoms. The molecule has 1 aromatic carbocycles. The summed E-state index contributed by atoms with van der Waals surface area (Å²) in [4.78, 5) is 41.9. The Balaban J connectivity index is 1.54. The van der Waals surface area contributed by atoms with Gasteiger partial charge < -0.3 is 36.6 Å². The molecule has 0 saturated heterocycles. The number of amides is 1. The summed E-state index contributed by atoms with van der Waals surface area (Å²) in [6.45, 7) is 7.43. The Kier molecular flexibility index (Phi) is 11.8. The zero-order valence-corrected chi connectivity index (χ0v) is 28.7. The molecule has 1 fully saturated rings. The maximum Gasteiger partial charge on any atom is 0.224 e. The highest BCUT2D eigenvalue weighted by molar-refractivity contribution is 6.15. The van der Waals surface area contributed by atoms with E-state index in [0.717, 1.165) is 19.3 Å². The van der Waals surface area contributed by atoms with Crippen LogP contribution >= 0.6 is 0 Å². The summed E-state index contributed by atoms with van der Waals surface area (Å²) in [5.74, 6) is -7.63. The summed E-state index contributed by atoms with van der Waals surface area (Å²) >= 11 is 0. The van der Waals surface area contributed by atoms with E-state index in [9.17, 15) is 39.9 Å². The number of likely N-dealkylation sites (N-methyl/N-ethyl adjacent to an activating group) is 1. The lowest BCUT2D eigenvalue weighted by atomic mass is 9.54. The summed E-state index contributed by atoms with van der Waals surface area (Å²) < 4.78 is 0. The van der Waals surface area contributed by atoms with Crippen LogP contribution in [0.2, 0.25) is 0 Å². The number of fused-ring (bicyclic) bond motifs is 3. The van der Waals surface area contributed by atoms with Crippen molar-refractivity contribution in [1.29, 1.82) is 0 Å². The van der Waals surface area contributed by atoms with Crippen LogP contribution in [0.25, 0.3) is 5.76 Å². The fraction of sp³-hybridized carbons (Fsp3) is 0.595. The number of phenols is 1. The molecule has 1 saturated carbocycles. The number of nitrogens with two attached hydrogens (primary N) is 1. The minimum atomic E-state index is -2.83. The van der Waals surface area contributed by atoms with Crippen LogP contribution in [0.5, 0.6) is 5.75 Å². The van der Waals surface area contributed by atoms with E-state index >= 15 is 0 Å². The molecule has 264 valence electrons. The number of carbonyl (C=O) groups is 3. The van der Waals surface area contributed by atoms with Crippen LogP contribution < -0.4 is 11.1 Å². The van der Waals surface area contributed by atoms with Crippen molar-refractivity contribution in [3.63, 3.8) is 0 Å². The van der Waals surface area contributed by atoms with Crippen LogP contribution in [0.3, 0.4) is 0 Å². The van der Waals surface area contributed by atoms with Gasteiger partial charge in [-0.3, -0.25) is 19.3 Å². The van der Waals surface area contributed by atoms with Gasteiger partial charge in [0.1, 0.15) is 17.3 Å². The van der Waals surface area contributed by atoms with E-state index in [0.29, 0.717) is 12.0 Å². The Labute approximate surface area is 283 Å². The number of hydrogen-bond acceptors (Lipinski definition) is 10. The van der Waals surface area contributed by atoms with E-state index in [4.69, 9.17) is 5.73 Å². The highest BCUT2D eigenvalue weighted by Gasteiger charge is 2.67. The van der Waals surface area contributed by atoms with Crippen molar-refractivity contribution in [2.75, 3.05) is 19.4 Å². The highest BCUT2D eigenvalue weighted by atomic mass is 16.4. The quantitative estimate of drug-likeness (QED) is 0.0975. The van der Waals surface area contributed by atoms with Crippen molar-refractivity contribution in [1.82, 2.24) is 4.90 Å². The van der Waals surface area contributed by atoms with E-state index < -0.39 is 75.5 Å². The van der Waals surface area contributed by atoms with Gasteiger partial charge in [-0.2, -0.15) is 0 Å². The van der Waals surface area contributed by atoms with E-state index in [-0.39, 0.29) is 29.3 Å². The van der Waals surface area contributed by atoms with Crippen molar-refractivity contribution in [3.8, 4) is 5.75 Å². The van der Waals surface area contributed by atoms with Gasteiger partial charge in [0.05, 0.1) is 34.9 Å². The minimum absolute atomic E-state index is 0.0420. The predicted octanol–water partition coefficient (Wildman–Crippen LogP) is 5.12. The van der Waals surface area contributed by atoms with Crippen molar-refractivity contribution in [2.45, 2.75) is 115 Å². The Morgan fingerprint density at radius 1 is 0.979 bits per heavy atom. The van der Waals surface area contributed by atoms with Crippen LogP contribution in [0.1, 0.15) is 108 Å². The van der Waals surface area contributed by atoms with Gasteiger partial charge in [0.15, 0.2) is 11.4 Å². The number of hydrogen-bond donors (Lipinski definition) is 7. The van der Waals surface area contributed by atoms with Crippen molar-refractivity contribution >= 4 is 28.9 Å². The molecule has 0 radical (unpaired) electrons. The lowest BCUT2D eigenvalue weighted by molar-refractivity contribution is -0.169. The zero-order chi connectivity index (χ0) is 35.5. The minimum Gasteiger partial charge on any atom is -0.508 e. The molecule has 11 heteroatoms. The molecule has 1 amide bonds. The van der Waals surface area contributed by atoms with Crippen LogP contribution in [0, 0.1) is 11.8 Å². The van der Waals surface area contributed by atoms with Gasteiger partial charge >= 0.3 is 0 Å². The Hall–Kier alpha value is -3.67. The normalized spacial score (nSPS) is 26.8. The molecule has 1 aromatic rings. The lowest BCUT2D eigenvalue weighted by Crippen LogP contribution is -2.70. The van der Waals surface area contributed by atoms with E-state index in [2.05, 4.69) is 18.8 Å². The van der Waals surface area contributed by atoms with Crippen LogP contribution in [0.15, 0.2) is 41.3 Å². The highest BCUT2D eigenvalue weighted by Crippen LogP contribution is 2.56. The second-order valence-electron chi connectivity index (χ2n) is 14.0. The number of allylic oxidation sites excluding steroid dienone is 1. The number of aliphatic hydroxyl groups excluding tert-OH is 3. The number of unbranched alkanes of at least 4 members (excludes halogenated alkanes) is 10. The largest absolute Gasteiger partial charge is 0.508 e. The standard InChI is InChI=1S/C37H53N3O8/c1-6-7-8-9-10-11-12-13-14-15-16-17-24(41)39-23-19-18-22-20(2)25-28(32(43)27(22)31(23)42)36(47)37(48)29(33(25)44)30(40(4)5)34(45)26(21(3)38)35(37)46/h18-20,25,29-30,33,42-44,46,48H,3,6-17,38H2,1-2,4-5H3,(H,39,41)/t20-,25?,29?,30-,33-,37+/m0/s1. The molecule has 0 spiro atoms. The summed E-state index contributed by atoms with van der Waals surface area (Å²) in [6.07, 6.45) is 11.3. The maximum absolute atomic E-state index is 14.2. The maximum atomic E-state index is 14.2. The number of rotatable bonds is 15. The third-order valence-corrected chi connectivity index (χ3v) is 10.5. The van der Waals surface area contributed by atoms with Gasteiger partial charge in [0, 0.05) is 23.6 Å². The first-order valence-corrected chi connectivity index (χ1v) is 17.3. The first-order valence-electron chi connectivity index (χ1n) is 17.3. The van der Waals surface area contributed by atoms with Gasteiger partial charge in [0.25, 0.3) is 0 Å². The summed E-state index contributed by atoms with van der Waals surface area (Å²) in [6, 6.07) is 1.85. The molecule has 48 heavy (non-hydrogen) atoms. The van der Waals surface area contributed by atoms with E-state index in [1.165, 1.54) is 70.0 Å². The molecular formula is C37H53N3O8. The number of Topliss-reactive ketones (excluding diaryl/α,β-unsaturated/α-hetero) is 2. The Morgan fingerprint density at radius 2 is 1.54 bits per heavy atom. The average molecular weight is 668 g/mol. The number of nitrogens with zero attached hydrogens (tertiary/aromatic N) is 1. The van der Waals surface area contributed by atoms with Gasteiger partial charge in [0.2, 0.25) is 11.7 Å². The smallest absolute Gasteiger partial charge is 0.224 e. The molecular weight excluding hydrogens is 614 g/mol. The lowest BCUT2D eigenvalue weighted by Gasteiger charge is -2.54. The number of nitrogens with one attached hydrogen (secondary N) is 1. The van der Waals surface area contributed by atoms with Crippen LogP contribution in [-0.2, 0) is 14.4 Å². The number of aliphatic hydroxyl groups is 4. The molecule has 0 heterocycles. The molecule has 4 rings (SSSR count). The molecule has 8 N–H and O–H groups in total. The van der Waals surface area contributed by atoms with Crippen molar-refractivity contribution in [2.24, 2.45) is 17.6 Å². The predicted molar refractivity (Wildman–Crippen MR) is 184 cm³/mol. The summed E-state index contributed by atoms with van der Waals surface area (Å²) in [7, 11) is 3.07. The first-order chi connectivity index (χ1) is 22.7. The van der Waals surface area contributed by atoms with Gasteiger partial charge in [-0.25, -0.2) is 0 Å². The SMILES string of the molecule is C=C(N)C1=C(O)[C@@]2(O)C(=O)C3=C(O)c4c(ccc(NC(=O)CCCCCCCCCCCCC)c4O)[C@H](C)C3[C@H](O)C2[C@H](N(C)C)C1=O. The van der Waals surface area contributed by atoms with Crippen LogP contribution in [-0.4, -0.2) is 79.7 Å². The van der Waals surface area contributed by atoms with Crippen LogP contribution in [0.4, 0.5) is 5.69 Å². The Morgan fingerprint density at radius 3 is 2.08 bits per heavy atom. The number of phenolic OH excluding ortho intramolecular Hbond substituents is 1. The second-order valence-corrected chi connectivity index (χ2v) is 14.0. The summed E-state index contributed by atoms with van der Waals surface area (Å²) in [5, 5.41) is 60.5.